The third kappa shape index (κ3) is 10.2. The van der Waals surface area contributed by atoms with Crippen molar-refractivity contribution in [3.8, 4) is 66.8 Å². The lowest BCUT2D eigenvalue weighted by molar-refractivity contribution is 0.836. The second-order valence-corrected chi connectivity index (χ2v) is 22.6. The second-order valence-electron chi connectivity index (χ2n) is 22.0. The lowest BCUT2D eigenvalue weighted by atomic mass is 9.79. The molecule has 354 valence electrons. The Hall–Kier alpha value is -4.98. The number of alkyl halides is 1. The Morgan fingerprint density at radius 3 is 0.618 bits per heavy atom. The van der Waals surface area contributed by atoms with Gasteiger partial charge in [0.1, 0.15) is 0 Å². The van der Waals surface area contributed by atoms with Crippen LogP contribution in [0.2, 0.25) is 0 Å². The predicted molar refractivity (Wildman–Crippen MR) is 304 cm³/mol. The van der Waals surface area contributed by atoms with Gasteiger partial charge in [-0.25, -0.2) is 0 Å². The Balaban J connectivity index is 1.61. The van der Waals surface area contributed by atoms with Crippen LogP contribution in [0.15, 0.2) is 127 Å². The van der Waals surface area contributed by atoms with Crippen molar-refractivity contribution in [2.75, 3.05) is 0 Å². The summed E-state index contributed by atoms with van der Waals surface area (Å²) in [5.41, 5.74) is 28.4. The van der Waals surface area contributed by atoms with Crippen LogP contribution in [0.25, 0.3) is 66.8 Å². The summed E-state index contributed by atoms with van der Waals surface area (Å²) in [4.78, 5) is 0. The Kier molecular flexibility index (Phi) is 16.0. The summed E-state index contributed by atoms with van der Waals surface area (Å²) in [7, 11) is 0. The van der Waals surface area contributed by atoms with E-state index in [1.807, 2.05) is 0 Å². The zero-order chi connectivity index (χ0) is 49.3. The third-order valence-electron chi connectivity index (χ3n) is 14.4. The molecule has 0 aromatic heterocycles. The van der Waals surface area contributed by atoms with Gasteiger partial charge in [0.05, 0.1) is 0 Å². The molecule has 7 rings (SSSR count). The first-order valence-electron chi connectivity index (χ1n) is 25.9. The maximum Gasteiger partial charge on any atom is 0.0295 e. The highest BCUT2D eigenvalue weighted by molar-refractivity contribution is 9.08. The maximum atomic E-state index is 4.15. The standard InChI is InChI=1S/C67H79Br/c1-39(2)53-22-17-23-54(40(3)4)64(53)49-32-47(33-50(36-49)65-55(41(5)6)24-18-25-56(65)42(7)8)61-30-21-31-62(63(61)38-68)48-34-51(66-57(43(9)10)26-19-27-58(66)44(11)12)37-52(35-48)67-59(45(13)14)28-20-29-60(67)46(15)16/h17-37,39-46H,38H2,1-16H3. The molecule has 1 heteroatoms. The van der Waals surface area contributed by atoms with E-state index < -0.39 is 0 Å². The molecular formula is C67H79Br. The van der Waals surface area contributed by atoms with Crippen LogP contribution in [0.3, 0.4) is 0 Å². The Bertz CT molecular complexity index is 2430. The fraction of sp³-hybridized carbons (Fsp3) is 0.373. The van der Waals surface area contributed by atoms with Crippen LogP contribution in [-0.4, -0.2) is 0 Å². The Morgan fingerprint density at radius 2 is 0.441 bits per heavy atom. The van der Waals surface area contributed by atoms with Crippen LogP contribution in [-0.2, 0) is 5.33 Å². The molecule has 0 spiro atoms. The molecule has 0 saturated carbocycles. The van der Waals surface area contributed by atoms with Crippen molar-refractivity contribution in [2.24, 2.45) is 0 Å². The second kappa shape index (κ2) is 21.3. The van der Waals surface area contributed by atoms with Crippen molar-refractivity contribution < 1.29 is 0 Å². The van der Waals surface area contributed by atoms with Gasteiger partial charge in [0, 0.05) is 5.33 Å². The van der Waals surface area contributed by atoms with Crippen molar-refractivity contribution in [1.82, 2.24) is 0 Å². The topological polar surface area (TPSA) is 0 Å². The smallest absolute Gasteiger partial charge is 0.0295 e. The van der Waals surface area contributed by atoms with Gasteiger partial charge in [-0.1, -0.05) is 218 Å². The van der Waals surface area contributed by atoms with E-state index in [1.54, 1.807) is 0 Å². The van der Waals surface area contributed by atoms with Gasteiger partial charge in [0.25, 0.3) is 0 Å². The van der Waals surface area contributed by atoms with E-state index in [1.165, 1.54) is 117 Å². The molecule has 0 saturated heterocycles. The summed E-state index contributed by atoms with van der Waals surface area (Å²) < 4.78 is 0. The maximum absolute atomic E-state index is 4.15. The molecule has 0 unspecified atom stereocenters. The van der Waals surface area contributed by atoms with E-state index >= 15 is 0 Å². The third-order valence-corrected chi connectivity index (χ3v) is 15.0. The van der Waals surface area contributed by atoms with Gasteiger partial charge in [0.2, 0.25) is 0 Å². The molecule has 0 N–H and O–H groups in total. The number of hydrogen-bond donors (Lipinski definition) is 0. The van der Waals surface area contributed by atoms with Gasteiger partial charge in [-0.2, -0.15) is 0 Å². The predicted octanol–water partition coefficient (Wildman–Crippen LogP) is 21.6. The van der Waals surface area contributed by atoms with E-state index in [9.17, 15) is 0 Å². The summed E-state index contributed by atoms with van der Waals surface area (Å²) in [5, 5.41) is 0.719. The highest BCUT2D eigenvalue weighted by Crippen LogP contribution is 2.48. The minimum absolute atomic E-state index is 0.377. The average Bonchev–Trinajstić information content (AvgIpc) is 3.32. The average molecular weight is 964 g/mol. The summed E-state index contributed by atoms with van der Waals surface area (Å²) in [6.07, 6.45) is 0. The molecule has 0 fully saturated rings. The first-order chi connectivity index (χ1) is 32.3. The quantitative estimate of drug-likeness (QED) is 0.0899. The van der Waals surface area contributed by atoms with Gasteiger partial charge in [-0.05, 0) is 201 Å². The molecule has 0 bridgehead atoms. The molecule has 0 atom stereocenters. The Morgan fingerprint density at radius 1 is 0.265 bits per heavy atom. The van der Waals surface area contributed by atoms with E-state index in [0.29, 0.717) is 47.3 Å². The van der Waals surface area contributed by atoms with E-state index in [-0.39, 0.29) is 0 Å². The molecule has 7 aromatic rings. The number of hydrogen-bond acceptors (Lipinski definition) is 0. The molecule has 0 aliphatic rings. The minimum Gasteiger partial charge on any atom is -0.0876 e. The monoisotopic (exact) mass is 963 g/mol. The number of halogens is 1. The summed E-state index contributed by atoms with van der Waals surface area (Å²) in [6.45, 7) is 37.6. The molecule has 0 aliphatic heterocycles. The van der Waals surface area contributed by atoms with Crippen LogP contribution in [0, 0.1) is 0 Å². The first-order valence-corrected chi connectivity index (χ1v) is 27.0. The van der Waals surface area contributed by atoms with Crippen molar-refractivity contribution in [2.45, 2.75) is 163 Å². The van der Waals surface area contributed by atoms with Gasteiger partial charge in [-0.3, -0.25) is 0 Å². The van der Waals surface area contributed by atoms with Crippen molar-refractivity contribution in [3.63, 3.8) is 0 Å². The molecule has 0 amide bonds. The van der Waals surface area contributed by atoms with Crippen LogP contribution in [0.4, 0.5) is 0 Å². The summed E-state index contributed by atoms with van der Waals surface area (Å²) in [6, 6.07) is 50.1. The van der Waals surface area contributed by atoms with Crippen LogP contribution in [0.5, 0.6) is 0 Å². The van der Waals surface area contributed by atoms with Gasteiger partial charge < -0.3 is 0 Å². The molecule has 0 nitrogen and oxygen atoms in total. The fourth-order valence-electron chi connectivity index (χ4n) is 11.0. The summed E-state index contributed by atoms with van der Waals surface area (Å²) in [5.74, 6) is 3.01. The lowest BCUT2D eigenvalue weighted by Crippen LogP contribution is -2.03. The Labute approximate surface area is 421 Å². The SMILES string of the molecule is CC(C)c1cccc(C(C)C)c1-c1cc(-c2cccc(-c3cc(-c4c(C(C)C)cccc4C(C)C)cc(-c4c(C(C)C)cccc4C(C)C)c3)c2CBr)cc(-c2c(C(C)C)cccc2C(C)C)c1. The van der Waals surface area contributed by atoms with Gasteiger partial charge in [0.15, 0.2) is 0 Å². The molecule has 0 radical (unpaired) electrons. The molecule has 68 heavy (non-hydrogen) atoms. The first kappa shape index (κ1) is 50.9. The normalized spacial score (nSPS) is 12.1. The van der Waals surface area contributed by atoms with Crippen molar-refractivity contribution in [3.05, 3.63) is 177 Å². The van der Waals surface area contributed by atoms with Gasteiger partial charge in [-0.15, -0.1) is 0 Å². The van der Waals surface area contributed by atoms with Crippen molar-refractivity contribution >= 4 is 15.9 Å². The van der Waals surface area contributed by atoms with Crippen LogP contribution in [0.1, 0.15) is 208 Å². The fourth-order valence-corrected chi connectivity index (χ4v) is 11.6. The zero-order valence-electron chi connectivity index (χ0n) is 44.3. The van der Waals surface area contributed by atoms with Crippen LogP contribution < -0.4 is 0 Å². The highest BCUT2D eigenvalue weighted by Gasteiger charge is 2.25. The molecular weight excluding hydrogens is 885 g/mol. The molecule has 0 aliphatic carbocycles. The number of rotatable bonds is 15. The van der Waals surface area contributed by atoms with E-state index in [4.69, 9.17) is 0 Å². The van der Waals surface area contributed by atoms with E-state index in [2.05, 4.69) is 254 Å². The van der Waals surface area contributed by atoms with Crippen LogP contribution >= 0.6 is 15.9 Å². The lowest BCUT2D eigenvalue weighted by Gasteiger charge is -2.25. The largest absolute Gasteiger partial charge is 0.0876 e. The minimum atomic E-state index is 0.377. The zero-order valence-corrected chi connectivity index (χ0v) is 45.9. The summed E-state index contributed by atoms with van der Waals surface area (Å²) >= 11 is 4.15. The molecule has 0 heterocycles. The molecule has 7 aromatic carbocycles. The van der Waals surface area contributed by atoms with Crippen molar-refractivity contribution in [1.29, 1.82) is 0 Å². The number of benzene rings is 7. The highest BCUT2D eigenvalue weighted by atomic mass is 79.9. The van der Waals surface area contributed by atoms with E-state index in [0.717, 1.165) is 5.33 Å². The van der Waals surface area contributed by atoms with Gasteiger partial charge >= 0.3 is 0 Å².